The molecule has 8 heteroatoms. The molecule has 0 spiro atoms. The van der Waals surface area contributed by atoms with Crippen molar-refractivity contribution >= 4 is 47.6 Å². The molecule has 1 fully saturated rings. The summed E-state index contributed by atoms with van der Waals surface area (Å²) in [6.07, 6.45) is 0.639. The van der Waals surface area contributed by atoms with Crippen LogP contribution >= 0.6 is 31.9 Å². The van der Waals surface area contributed by atoms with E-state index >= 15 is 0 Å². The number of ether oxygens (including phenoxy) is 1. The van der Waals surface area contributed by atoms with Crippen LogP contribution in [0.2, 0.25) is 0 Å². The van der Waals surface area contributed by atoms with Crippen LogP contribution in [0.15, 0.2) is 26.0 Å². The van der Waals surface area contributed by atoms with Crippen LogP contribution < -0.4 is 10.5 Å². The third-order valence-corrected chi connectivity index (χ3v) is 6.01. The summed E-state index contributed by atoms with van der Waals surface area (Å²) in [6, 6.07) is 3.21. The Morgan fingerprint density at radius 1 is 1.42 bits per heavy atom. The van der Waals surface area contributed by atoms with E-state index in [4.69, 9.17) is 10.5 Å². The van der Waals surface area contributed by atoms with E-state index in [-0.39, 0.29) is 10.6 Å². The summed E-state index contributed by atoms with van der Waals surface area (Å²) >= 11 is 6.51. The van der Waals surface area contributed by atoms with E-state index < -0.39 is 15.6 Å². The van der Waals surface area contributed by atoms with Crippen molar-refractivity contribution in [3.63, 3.8) is 0 Å². The third-order valence-electron chi connectivity index (χ3n) is 2.91. The number of nitrogens with two attached hydrogens (primary N) is 1. The van der Waals surface area contributed by atoms with Gasteiger partial charge in [0, 0.05) is 15.6 Å². The molecule has 106 valence electrons. The molecule has 0 aromatic heterocycles. The number of sulfonamides is 1. The van der Waals surface area contributed by atoms with Crippen LogP contribution in [0.1, 0.15) is 13.3 Å². The highest BCUT2D eigenvalue weighted by Crippen LogP contribution is 2.33. The van der Waals surface area contributed by atoms with Crippen molar-refractivity contribution in [3.05, 3.63) is 21.1 Å². The molecule has 1 aliphatic rings. The van der Waals surface area contributed by atoms with Crippen LogP contribution in [0.4, 0.5) is 5.69 Å². The van der Waals surface area contributed by atoms with Gasteiger partial charge in [-0.25, -0.2) is 13.1 Å². The lowest BCUT2D eigenvalue weighted by Crippen LogP contribution is -2.46. The molecule has 0 radical (unpaired) electrons. The second-order valence-corrected chi connectivity index (χ2v) is 8.16. The normalized spacial score (nSPS) is 23.7. The summed E-state index contributed by atoms with van der Waals surface area (Å²) in [7, 11) is -3.70. The first-order valence-electron chi connectivity index (χ1n) is 5.60. The number of hydrogen-bond donors (Lipinski definition) is 2. The van der Waals surface area contributed by atoms with Gasteiger partial charge in [-0.05, 0) is 41.4 Å². The summed E-state index contributed by atoms with van der Waals surface area (Å²) in [5.41, 5.74) is 5.42. The largest absolute Gasteiger partial charge is 0.398 e. The fourth-order valence-electron chi connectivity index (χ4n) is 1.99. The topological polar surface area (TPSA) is 81.4 Å². The molecule has 1 unspecified atom stereocenters. The Kier molecular flexibility index (Phi) is 4.27. The van der Waals surface area contributed by atoms with Crippen LogP contribution in [-0.2, 0) is 14.8 Å². The quantitative estimate of drug-likeness (QED) is 0.744. The van der Waals surface area contributed by atoms with E-state index in [9.17, 15) is 8.42 Å². The number of hydrogen-bond acceptors (Lipinski definition) is 4. The molecule has 19 heavy (non-hydrogen) atoms. The zero-order chi connectivity index (χ0) is 14.3. The molecule has 1 aromatic carbocycles. The van der Waals surface area contributed by atoms with E-state index in [2.05, 4.69) is 36.6 Å². The van der Waals surface area contributed by atoms with Crippen molar-refractivity contribution in [3.8, 4) is 0 Å². The molecule has 0 bridgehead atoms. The van der Waals surface area contributed by atoms with Crippen LogP contribution in [0.3, 0.4) is 0 Å². The van der Waals surface area contributed by atoms with Gasteiger partial charge in [-0.3, -0.25) is 0 Å². The molecule has 1 aromatic rings. The molecule has 0 aliphatic carbocycles. The maximum Gasteiger partial charge on any atom is 0.244 e. The number of rotatable bonds is 3. The molecule has 2 rings (SSSR count). The lowest BCUT2D eigenvalue weighted by atomic mass is 10.0. The van der Waals surface area contributed by atoms with E-state index in [0.717, 1.165) is 0 Å². The van der Waals surface area contributed by atoms with Crippen LogP contribution in [0, 0.1) is 0 Å². The van der Waals surface area contributed by atoms with Gasteiger partial charge in [-0.2, -0.15) is 0 Å². The van der Waals surface area contributed by atoms with Gasteiger partial charge in [0.25, 0.3) is 0 Å². The second kappa shape index (κ2) is 5.33. The molecule has 1 heterocycles. The minimum Gasteiger partial charge on any atom is -0.398 e. The predicted molar refractivity (Wildman–Crippen MR) is 80.4 cm³/mol. The smallest absolute Gasteiger partial charge is 0.244 e. The van der Waals surface area contributed by atoms with Crippen molar-refractivity contribution < 1.29 is 13.2 Å². The van der Waals surface area contributed by atoms with Crippen molar-refractivity contribution in [2.24, 2.45) is 0 Å². The van der Waals surface area contributed by atoms with Gasteiger partial charge < -0.3 is 10.5 Å². The van der Waals surface area contributed by atoms with Crippen molar-refractivity contribution in [1.29, 1.82) is 0 Å². The lowest BCUT2D eigenvalue weighted by molar-refractivity contribution is 0.178. The fourth-order valence-corrected chi connectivity index (χ4v) is 5.48. The first-order valence-corrected chi connectivity index (χ1v) is 8.67. The molecule has 1 saturated heterocycles. The highest BCUT2D eigenvalue weighted by Gasteiger charge is 2.36. The first-order chi connectivity index (χ1) is 8.73. The number of nitrogens with one attached hydrogen (secondary N) is 1. The van der Waals surface area contributed by atoms with E-state index in [1.54, 1.807) is 12.1 Å². The molecule has 1 aliphatic heterocycles. The van der Waals surface area contributed by atoms with Gasteiger partial charge in [0.1, 0.15) is 4.90 Å². The minimum atomic E-state index is -3.70. The number of anilines is 1. The standard InChI is InChI=1S/C11H14Br2N2O3S/c1-11(2-3-18-6-11)15-19(16,17)10-8(13)4-7(12)5-9(10)14/h4-5,15H,2-3,6,14H2,1H3. The van der Waals surface area contributed by atoms with Gasteiger partial charge in [0.15, 0.2) is 0 Å². The van der Waals surface area contributed by atoms with Gasteiger partial charge in [-0.15, -0.1) is 0 Å². The van der Waals surface area contributed by atoms with E-state index in [0.29, 0.717) is 28.6 Å². The second-order valence-electron chi connectivity index (χ2n) is 4.77. The zero-order valence-electron chi connectivity index (χ0n) is 10.2. The highest BCUT2D eigenvalue weighted by atomic mass is 79.9. The van der Waals surface area contributed by atoms with E-state index in [1.165, 1.54) is 0 Å². The summed E-state index contributed by atoms with van der Waals surface area (Å²) < 4.78 is 34.0. The third kappa shape index (κ3) is 3.30. The van der Waals surface area contributed by atoms with Crippen LogP contribution in [0.5, 0.6) is 0 Å². The zero-order valence-corrected chi connectivity index (χ0v) is 14.2. The van der Waals surface area contributed by atoms with E-state index in [1.807, 2.05) is 6.92 Å². The summed E-state index contributed by atoms with van der Waals surface area (Å²) in [6.45, 7) is 2.73. The highest BCUT2D eigenvalue weighted by molar-refractivity contribution is 9.11. The Hall–Kier alpha value is -0.150. The van der Waals surface area contributed by atoms with Crippen molar-refractivity contribution in [1.82, 2.24) is 4.72 Å². The Labute approximate surface area is 129 Å². The Bertz CT molecular complexity index is 575. The predicted octanol–water partition coefficient (Wildman–Crippen LogP) is 2.25. The van der Waals surface area contributed by atoms with Gasteiger partial charge in [-0.1, -0.05) is 15.9 Å². The number of nitrogen functional groups attached to an aromatic ring is 1. The molecule has 0 amide bonds. The molecular weight excluding hydrogens is 400 g/mol. The fraction of sp³-hybridized carbons (Fsp3) is 0.455. The lowest BCUT2D eigenvalue weighted by Gasteiger charge is -2.24. The first kappa shape index (κ1) is 15.2. The minimum absolute atomic E-state index is 0.0591. The number of halogens is 2. The van der Waals surface area contributed by atoms with Gasteiger partial charge in [0.05, 0.1) is 17.8 Å². The van der Waals surface area contributed by atoms with Crippen molar-refractivity contribution in [2.45, 2.75) is 23.8 Å². The van der Waals surface area contributed by atoms with Gasteiger partial charge in [0.2, 0.25) is 10.0 Å². The maximum atomic E-state index is 12.5. The summed E-state index contributed by atoms with van der Waals surface area (Å²) in [5, 5.41) is 0. The average molecular weight is 414 g/mol. The SMILES string of the molecule is CC1(NS(=O)(=O)c2c(N)cc(Br)cc2Br)CCOC1. The molecular formula is C11H14Br2N2O3S. The monoisotopic (exact) mass is 412 g/mol. The molecule has 3 N–H and O–H groups in total. The van der Waals surface area contributed by atoms with Crippen molar-refractivity contribution in [2.75, 3.05) is 18.9 Å². The van der Waals surface area contributed by atoms with Crippen LogP contribution in [0.25, 0.3) is 0 Å². The Morgan fingerprint density at radius 3 is 2.63 bits per heavy atom. The Balaban J connectivity index is 2.40. The molecule has 0 saturated carbocycles. The maximum absolute atomic E-state index is 12.5. The average Bonchev–Trinajstić information content (AvgIpc) is 2.60. The summed E-state index contributed by atoms with van der Waals surface area (Å²) in [5.74, 6) is 0. The van der Waals surface area contributed by atoms with Crippen LogP contribution in [-0.4, -0.2) is 27.2 Å². The summed E-state index contributed by atoms with van der Waals surface area (Å²) in [4.78, 5) is 0.0591. The molecule has 5 nitrogen and oxygen atoms in total. The Morgan fingerprint density at radius 2 is 2.11 bits per heavy atom. The van der Waals surface area contributed by atoms with Gasteiger partial charge >= 0.3 is 0 Å². The molecule has 1 atom stereocenters. The number of benzene rings is 1.